The molecular formula is C25H27FN2O5S. The Morgan fingerprint density at radius 2 is 1.62 bits per heavy atom. The fourth-order valence-corrected chi connectivity index (χ4v) is 4.82. The maximum Gasteiger partial charge on any atom is 0.243 e. The van der Waals surface area contributed by atoms with Crippen molar-refractivity contribution in [3.63, 3.8) is 0 Å². The molecule has 0 radical (unpaired) electrons. The average molecular weight is 487 g/mol. The van der Waals surface area contributed by atoms with Crippen molar-refractivity contribution in [2.75, 3.05) is 20.8 Å². The van der Waals surface area contributed by atoms with E-state index in [2.05, 4.69) is 5.32 Å². The molecule has 180 valence electrons. The zero-order valence-electron chi connectivity index (χ0n) is 19.2. The summed E-state index contributed by atoms with van der Waals surface area (Å²) in [4.78, 5) is 13.0. The Balaban J connectivity index is 1.81. The first kappa shape index (κ1) is 25.2. The molecule has 7 nitrogen and oxygen atoms in total. The smallest absolute Gasteiger partial charge is 0.243 e. The molecule has 1 unspecified atom stereocenters. The van der Waals surface area contributed by atoms with E-state index in [1.165, 1.54) is 50.6 Å². The van der Waals surface area contributed by atoms with E-state index in [4.69, 9.17) is 9.47 Å². The summed E-state index contributed by atoms with van der Waals surface area (Å²) >= 11 is 0. The lowest BCUT2D eigenvalue weighted by Gasteiger charge is -2.23. The highest BCUT2D eigenvalue weighted by molar-refractivity contribution is 7.89. The predicted molar refractivity (Wildman–Crippen MR) is 127 cm³/mol. The van der Waals surface area contributed by atoms with E-state index in [0.717, 1.165) is 9.87 Å². The van der Waals surface area contributed by atoms with Gasteiger partial charge in [0.05, 0.1) is 31.7 Å². The van der Waals surface area contributed by atoms with E-state index in [1.807, 2.05) is 0 Å². The van der Waals surface area contributed by atoms with Gasteiger partial charge in [0.15, 0.2) is 11.5 Å². The Labute approximate surface area is 199 Å². The lowest BCUT2D eigenvalue weighted by Crippen LogP contribution is -2.41. The SMILES string of the molecule is COc1ccc(C(C)NC(=O)CN(Cc2ccc(F)cc2)S(=O)(=O)c2ccccc2)cc1OC. The predicted octanol–water partition coefficient (Wildman–Crippen LogP) is 3.91. The molecule has 3 aromatic carbocycles. The van der Waals surface area contributed by atoms with Crippen LogP contribution in [0.3, 0.4) is 0 Å². The van der Waals surface area contributed by atoms with Crippen molar-refractivity contribution in [3.05, 3.63) is 89.7 Å². The summed E-state index contributed by atoms with van der Waals surface area (Å²) in [6.07, 6.45) is 0. The van der Waals surface area contributed by atoms with Gasteiger partial charge >= 0.3 is 0 Å². The maximum absolute atomic E-state index is 13.3. The summed E-state index contributed by atoms with van der Waals surface area (Å²) < 4.78 is 51.5. The molecule has 0 spiro atoms. The van der Waals surface area contributed by atoms with E-state index in [-0.39, 0.29) is 11.4 Å². The van der Waals surface area contributed by atoms with E-state index >= 15 is 0 Å². The van der Waals surface area contributed by atoms with Crippen molar-refractivity contribution in [3.8, 4) is 11.5 Å². The summed E-state index contributed by atoms with van der Waals surface area (Å²) in [5.74, 6) is 0.168. The molecule has 0 aliphatic rings. The zero-order valence-corrected chi connectivity index (χ0v) is 20.0. The largest absolute Gasteiger partial charge is 0.493 e. The van der Waals surface area contributed by atoms with Gasteiger partial charge in [-0.3, -0.25) is 4.79 Å². The molecule has 0 aliphatic heterocycles. The van der Waals surface area contributed by atoms with Gasteiger partial charge in [-0.05, 0) is 54.4 Å². The van der Waals surface area contributed by atoms with Crippen molar-refractivity contribution >= 4 is 15.9 Å². The van der Waals surface area contributed by atoms with Gasteiger partial charge < -0.3 is 14.8 Å². The second kappa shape index (κ2) is 11.1. The summed E-state index contributed by atoms with van der Waals surface area (Å²) in [6.45, 7) is 1.29. The summed E-state index contributed by atoms with van der Waals surface area (Å²) in [6, 6.07) is 18.2. The molecular weight excluding hydrogens is 459 g/mol. The number of ether oxygens (including phenoxy) is 2. The highest BCUT2D eigenvalue weighted by atomic mass is 32.2. The van der Waals surface area contributed by atoms with Crippen molar-refractivity contribution < 1.29 is 27.1 Å². The normalized spacial score (nSPS) is 12.3. The molecule has 1 amide bonds. The van der Waals surface area contributed by atoms with Crippen LogP contribution in [0.2, 0.25) is 0 Å². The Hall–Kier alpha value is -3.43. The molecule has 0 saturated carbocycles. The number of carbonyl (C=O) groups excluding carboxylic acids is 1. The van der Waals surface area contributed by atoms with E-state index in [1.54, 1.807) is 43.3 Å². The molecule has 1 N–H and O–H groups in total. The van der Waals surface area contributed by atoms with Gasteiger partial charge in [0, 0.05) is 6.54 Å². The highest BCUT2D eigenvalue weighted by Gasteiger charge is 2.27. The van der Waals surface area contributed by atoms with Crippen LogP contribution in [0.5, 0.6) is 11.5 Å². The number of carbonyl (C=O) groups is 1. The van der Waals surface area contributed by atoms with Crippen LogP contribution in [0.1, 0.15) is 24.1 Å². The van der Waals surface area contributed by atoms with Gasteiger partial charge in [-0.15, -0.1) is 0 Å². The number of benzene rings is 3. The van der Waals surface area contributed by atoms with Gasteiger partial charge in [0.2, 0.25) is 15.9 Å². The third-order valence-corrected chi connectivity index (χ3v) is 7.06. The number of hydrogen-bond donors (Lipinski definition) is 1. The second-order valence-electron chi connectivity index (χ2n) is 7.62. The van der Waals surface area contributed by atoms with Crippen molar-refractivity contribution in [1.29, 1.82) is 0 Å². The van der Waals surface area contributed by atoms with Crippen LogP contribution < -0.4 is 14.8 Å². The molecule has 0 heterocycles. The number of nitrogens with one attached hydrogen (secondary N) is 1. The summed E-state index contributed by atoms with van der Waals surface area (Å²) in [7, 11) is -0.929. The standard InChI is InChI=1S/C25H27FN2O5S/c1-18(20-11-14-23(32-2)24(15-20)33-3)27-25(29)17-28(16-19-9-12-21(26)13-10-19)34(30,31)22-7-5-4-6-8-22/h4-15,18H,16-17H2,1-3H3,(H,27,29). The van der Waals surface area contributed by atoms with Crippen LogP contribution in [-0.4, -0.2) is 39.4 Å². The molecule has 34 heavy (non-hydrogen) atoms. The molecule has 0 aromatic heterocycles. The van der Waals surface area contributed by atoms with Gasteiger partial charge in [-0.2, -0.15) is 4.31 Å². The minimum Gasteiger partial charge on any atom is -0.493 e. The summed E-state index contributed by atoms with van der Waals surface area (Å²) in [5.41, 5.74) is 1.32. The quantitative estimate of drug-likeness (QED) is 0.470. The first-order valence-electron chi connectivity index (χ1n) is 10.6. The first-order chi connectivity index (χ1) is 16.2. The molecule has 3 aromatic rings. The van der Waals surface area contributed by atoms with E-state index in [0.29, 0.717) is 17.1 Å². The van der Waals surface area contributed by atoms with Crippen LogP contribution in [0.4, 0.5) is 4.39 Å². The Morgan fingerprint density at radius 3 is 2.24 bits per heavy atom. The number of amides is 1. The highest BCUT2D eigenvalue weighted by Crippen LogP contribution is 2.30. The number of hydrogen-bond acceptors (Lipinski definition) is 5. The number of methoxy groups -OCH3 is 2. The van der Waals surface area contributed by atoms with Crippen molar-refractivity contribution in [1.82, 2.24) is 9.62 Å². The topological polar surface area (TPSA) is 84.9 Å². The number of rotatable bonds is 10. The number of sulfonamides is 1. The molecule has 0 bridgehead atoms. The minimum absolute atomic E-state index is 0.0675. The molecule has 0 aliphatic carbocycles. The maximum atomic E-state index is 13.3. The molecule has 0 fully saturated rings. The monoisotopic (exact) mass is 486 g/mol. The third-order valence-electron chi connectivity index (χ3n) is 5.26. The fourth-order valence-electron chi connectivity index (χ4n) is 3.41. The average Bonchev–Trinajstić information content (AvgIpc) is 2.84. The molecule has 9 heteroatoms. The fraction of sp³-hybridized carbons (Fsp3) is 0.240. The third kappa shape index (κ3) is 6.12. The lowest BCUT2D eigenvalue weighted by atomic mass is 10.1. The van der Waals surface area contributed by atoms with Crippen LogP contribution in [0.15, 0.2) is 77.7 Å². The van der Waals surface area contributed by atoms with Crippen molar-refractivity contribution in [2.45, 2.75) is 24.4 Å². The lowest BCUT2D eigenvalue weighted by molar-refractivity contribution is -0.122. The molecule has 0 saturated heterocycles. The zero-order chi connectivity index (χ0) is 24.7. The molecule has 1 atom stereocenters. The Morgan fingerprint density at radius 1 is 0.971 bits per heavy atom. The van der Waals surface area contributed by atoms with E-state index in [9.17, 15) is 17.6 Å². The van der Waals surface area contributed by atoms with Crippen LogP contribution in [0, 0.1) is 5.82 Å². The van der Waals surface area contributed by atoms with Crippen LogP contribution >= 0.6 is 0 Å². The minimum atomic E-state index is -3.98. The summed E-state index contributed by atoms with van der Waals surface area (Å²) in [5, 5.41) is 2.83. The van der Waals surface area contributed by atoms with E-state index < -0.39 is 34.3 Å². The second-order valence-corrected chi connectivity index (χ2v) is 9.55. The van der Waals surface area contributed by atoms with Crippen LogP contribution in [-0.2, 0) is 21.4 Å². The number of halogens is 1. The molecule has 3 rings (SSSR count). The van der Waals surface area contributed by atoms with Gasteiger partial charge in [-0.25, -0.2) is 12.8 Å². The first-order valence-corrected chi connectivity index (χ1v) is 12.0. The van der Waals surface area contributed by atoms with Crippen LogP contribution in [0.25, 0.3) is 0 Å². The Bertz CT molecular complexity index is 1220. The van der Waals surface area contributed by atoms with Crippen molar-refractivity contribution in [2.24, 2.45) is 0 Å². The Kier molecular flexibility index (Phi) is 8.25. The van der Waals surface area contributed by atoms with Gasteiger partial charge in [0.1, 0.15) is 5.82 Å². The van der Waals surface area contributed by atoms with Gasteiger partial charge in [-0.1, -0.05) is 36.4 Å². The number of nitrogens with zero attached hydrogens (tertiary/aromatic N) is 1. The van der Waals surface area contributed by atoms with Gasteiger partial charge in [0.25, 0.3) is 0 Å².